The Morgan fingerprint density at radius 1 is 1.17 bits per heavy atom. The molecule has 0 unspecified atom stereocenters. The van der Waals surface area contributed by atoms with E-state index in [1.807, 2.05) is 52.0 Å². The molecule has 1 aromatic carbocycles. The number of pyridine rings is 1. The molecule has 0 aliphatic heterocycles. The lowest BCUT2D eigenvalue weighted by molar-refractivity contribution is 0.112. The molecular formula is C19H28FN3O. The molecule has 1 heterocycles. The highest BCUT2D eigenvalue weighted by atomic mass is 19.1. The van der Waals surface area contributed by atoms with Gasteiger partial charge in [0.25, 0.3) is 0 Å². The van der Waals surface area contributed by atoms with Crippen molar-refractivity contribution in [3.8, 4) is 0 Å². The van der Waals surface area contributed by atoms with Crippen molar-refractivity contribution in [1.82, 2.24) is 9.88 Å². The lowest BCUT2D eigenvalue weighted by Gasteiger charge is -2.10. The van der Waals surface area contributed by atoms with E-state index in [-0.39, 0.29) is 5.69 Å². The molecular weight excluding hydrogens is 305 g/mol. The first kappa shape index (κ1) is 21.7. The maximum atomic E-state index is 13.8. The van der Waals surface area contributed by atoms with Crippen molar-refractivity contribution in [2.24, 2.45) is 0 Å². The molecule has 1 N–H and O–H groups in total. The minimum atomic E-state index is -0.411. The molecule has 2 aromatic rings. The summed E-state index contributed by atoms with van der Waals surface area (Å²) < 4.78 is 13.8. The fourth-order valence-electron chi connectivity index (χ4n) is 1.74. The highest BCUT2D eigenvalue weighted by Gasteiger charge is 2.08. The van der Waals surface area contributed by atoms with Crippen molar-refractivity contribution >= 4 is 12.0 Å². The second kappa shape index (κ2) is 12.2. The number of halogens is 1. The van der Waals surface area contributed by atoms with Gasteiger partial charge in [0.15, 0.2) is 6.29 Å². The molecule has 0 radical (unpaired) electrons. The third-order valence-electron chi connectivity index (χ3n) is 2.61. The van der Waals surface area contributed by atoms with Crippen molar-refractivity contribution in [1.29, 1.82) is 0 Å². The number of hydrogen-bond donors (Lipinski definition) is 1. The zero-order valence-corrected chi connectivity index (χ0v) is 15.4. The van der Waals surface area contributed by atoms with Gasteiger partial charge < -0.3 is 10.2 Å². The van der Waals surface area contributed by atoms with Crippen molar-refractivity contribution < 1.29 is 9.18 Å². The predicted molar refractivity (Wildman–Crippen MR) is 99.0 cm³/mol. The van der Waals surface area contributed by atoms with Gasteiger partial charge >= 0.3 is 0 Å². The van der Waals surface area contributed by atoms with E-state index in [1.165, 1.54) is 6.07 Å². The highest BCUT2D eigenvalue weighted by molar-refractivity contribution is 5.84. The molecule has 0 saturated heterocycles. The average molecular weight is 333 g/mol. The summed E-state index contributed by atoms with van der Waals surface area (Å²) in [5, 5.41) is 2.94. The lowest BCUT2D eigenvalue weighted by atomic mass is 10.1. The topological polar surface area (TPSA) is 45.2 Å². The Morgan fingerprint density at radius 2 is 1.71 bits per heavy atom. The first-order valence-corrected chi connectivity index (χ1v) is 7.93. The Balaban J connectivity index is 0.000000773. The summed E-state index contributed by atoms with van der Waals surface area (Å²) in [5.41, 5.74) is 2.28. The molecule has 24 heavy (non-hydrogen) atoms. The summed E-state index contributed by atoms with van der Waals surface area (Å²) in [6, 6.07) is 6.73. The number of benzene rings is 1. The molecule has 0 bridgehead atoms. The maximum Gasteiger partial charge on any atom is 0.152 e. The van der Waals surface area contributed by atoms with Gasteiger partial charge in [-0.2, -0.15) is 0 Å². The summed E-state index contributed by atoms with van der Waals surface area (Å²) in [6.07, 6.45) is 4.00. The normalized spacial score (nSPS) is 9.33. The van der Waals surface area contributed by atoms with Crippen molar-refractivity contribution in [2.45, 2.75) is 27.3 Å². The smallest absolute Gasteiger partial charge is 0.152 e. The van der Waals surface area contributed by atoms with Crippen molar-refractivity contribution in [2.75, 3.05) is 26.5 Å². The molecule has 0 spiro atoms. The van der Waals surface area contributed by atoms with E-state index in [2.05, 4.69) is 10.3 Å². The van der Waals surface area contributed by atoms with E-state index in [9.17, 15) is 9.18 Å². The number of anilines is 1. The van der Waals surface area contributed by atoms with Gasteiger partial charge in [0.05, 0.1) is 5.69 Å². The number of aromatic nitrogens is 1. The first-order chi connectivity index (χ1) is 11.4. The summed E-state index contributed by atoms with van der Waals surface area (Å²) in [5.74, 6) is -0.411. The van der Waals surface area contributed by atoms with Gasteiger partial charge in [-0.15, -0.1) is 0 Å². The van der Waals surface area contributed by atoms with Crippen LogP contribution in [0.4, 0.5) is 10.1 Å². The van der Waals surface area contributed by atoms with E-state index in [1.54, 1.807) is 25.4 Å². The van der Waals surface area contributed by atoms with Gasteiger partial charge in [0, 0.05) is 24.5 Å². The van der Waals surface area contributed by atoms with Crippen LogP contribution in [0.2, 0.25) is 0 Å². The Kier molecular flexibility index (Phi) is 11.0. The minimum absolute atomic E-state index is 0.243. The van der Waals surface area contributed by atoms with Crippen LogP contribution in [0.1, 0.15) is 35.3 Å². The second-order valence-electron chi connectivity index (χ2n) is 5.38. The molecule has 0 amide bonds. The van der Waals surface area contributed by atoms with Gasteiger partial charge in [-0.1, -0.05) is 13.8 Å². The summed E-state index contributed by atoms with van der Waals surface area (Å²) in [7, 11) is 6.00. The van der Waals surface area contributed by atoms with E-state index < -0.39 is 5.82 Å². The molecule has 0 atom stereocenters. The van der Waals surface area contributed by atoms with Gasteiger partial charge in [0.2, 0.25) is 0 Å². The third-order valence-corrected chi connectivity index (χ3v) is 2.61. The number of aryl methyl sites for hydroxylation is 1. The van der Waals surface area contributed by atoms with Crippen LogP contribution < -0.4 is 5.32 Å². The van der Waals surface area contributed by atoms with Crippen molar-refractivity contribution in [3.63, 3.8) is 0 Å². The Morgan fingerprint density at radius 3 is 2.21 bits per heavy atom. The summed E-state index contributed by atoms with van der Waals surface area (Å²) >= 11 is 0. The van der Waals surface area contributed by atoms with Crippen LogP contribution in [-0.4, -0.2) is 37.3 Å². The van der Waals surface area contributed by atoms with E-state index >= 15 is 0 Å². The Bertz CT molecular complexity index is 598. The fraction of sp³-hybridized carbons (Fsp3) is 0.368. The number of nitrogens with zero attached hydrogens (tertiary/aromatic N) is 2. The lowest BCUT2D eigenvalue weighted by Crippen LogP contribution is -2.05. The standard InChI is InChI=1S/C14H13FN2O.C3H9N.C2H6/c1-10-6-12(9-18)14(13(15)7-10)17-8-11-2-4-16-5-3-11;1-4(2)3;1-2/h2-7,9,17H,8H2,1H3;1-3H3;1-2H3. The Labute approximate surface area is 144 Å². The fourth-order valence-corrected chi connectivity index (χ4v) is 1.74. The van der Waals surface area contributed by atoms with Crippen LogP contribution in [0, 0.1) is 12.7 Å². The molecule has 1 aromatic heterocycles. The molecule has 0 aliphatic carbocycles. The zero-order chi connectivity index (χ0) is 18.5. The summed E-state index contributed by atoms with van der Waals surface area (Å²) in [6.45, 7) is 6.20. The van der Waals surface area contributed by atoms with E-state index in [0.717, 1.165) is 11.1 Å². The number of rotatable bonds is 4. The average Bonchev–Trinajstić information content (AvgIpc) is 2.55. The van der Waals surface area contributed by atoms with Crippen LogP contribution in [0.15, 0.2) is 36.7 Å². The molecule has 132 valence electrons. The van der Waals surface area contributed by atoms with E-state index in [0.29, 0.717) is 18.4 Å². The van der Waals surface area contributed by atoms with E-state index in [4.69, 9.17) is 0 Å². The first-order valence-electron chi connectivity index (χ1n) is 7.93. The number of carbonyl (C=O) groups excluding carboxylic acids is 1. The molecule has 0 aliphatic rings. The van der Waals surface area contributed by atoms with Crippen LogP contribution in [0.5, 0.6) is 0 Å². The third kappa shape index (κ3) is 8.39. The van der Waals surface area contributed by atoms with Crippen LogP contribution in [-0.2, 0) is 6.54 Å². The highest BCUT2D eigenvalue weighted by Crippen LogP contribution is 2.21. The minimum Gasteiger partial charge on any atom is -0.378 e. The number of hydrogen-bond acceptors (Lipinski definition) is 4. The van der Waals surface area contributed by atoms with Gasteiger partial charge in [-0.25, -0.2) is 4.39 Å². The molecule has 2 rings (SSSR count). The predicted octanol–water partition coefficient (Wildman–Crippen LogP) is 4.16. The molecule has 0 fully saturated rings. The second-order valence-corrected chi connectivity index (χ2v) is 5.38. The van der Waals surface area contributed by atoms with Crippen molar-refractivity contribution in [3.05, 3.63) is 59.2 Å². The number of nitrogens with one attached hydrogen (secondary N) is 1. The van der Waals surface area contributed by atoms with Crippen LogP contribution in [0.3, 0.4) is 0 Å². The monoisotopic (exact) mass is 333 g/mol. The van der Waals surface area contributed by atoms with Gasteiger partial charge in [-0.3, -0.25) is 9.78 Å². The molecule has 0 saturated carbocycles. The largest absolute Gasteiger partial charge is 0.378 e. The summed E-state index contributed by atoms with van der Waals surface area (Å²) in [4.78, 5) is 16.8. The molecule has 5 heteroatoms. The van der Waals surface area contributed by atoms with Gasteiger partial charge in [-0.05, 0) is 63.5 Å². The van der Waals surface area contributed by atoms with Gasteiger partial charge in [0.1, 0.15) is 5.82 Å². The van der Waals surface area contributed by atoms with Crippen LogP contribution in [0.25, 0.3) is 0 Å². The SMILES string of the molecule is CC.CN(C)C.Cc1cc(F)c(NCc2ccncc2)c(C=O)c1. The van der Waals surface area contributed by atoms with Crippen LogP contribution >= 0.6 is 0 Å². The molecule has 4 nitrogen and oxygen atoms in total. The number of aldehydes is 1. The Hall–Kier alpha value is -2.27. The maximum absolute atomic E-state index is 13.8. The number of carbonyl (C=O) groups is 1. The zero-order valence-electron chi connectivity index (χ0n) is 15.4. The quantitative estimate of drug-likeness (QED) is 0.854.